The van der Waals surface area contributed by atoms with Gasteiger partial charge in [0.25, 0.3) is 0 Å². The fraction of sp³-hybridized carbons (Fsp3) is 0.842. The molecule has 0 aliphatic heterocycles. The van der Waals surface area contributed by atoms with E-state index in [2.05, 4.69) is 43.3 Å². The molecule has 0 aromatic rings. The molecule has 0 bridgehead atoms. The van der Waals surface area contributed by atoms with Crippen molar-refractivity contribution in [1.29, 1.82) is 0 Å². The van der Waals surface area contributed by atoms with Gasteiger partial charge in [0.05, 0.1) is 0 Å². The Morgan fingerprint density at radius 2 is 1.11 bits per heavy atom. The van der Waals surface area contributed by atoms with Gasteiger partial charge in [-0.1, -0.05) is 122 Å². The van der Waals surface area contributed by atoms with Crippen LogP contribution in [-0.4, -0.2) is 63.8 Å². The highest BCUT2D eigenvalue weighted by Gasteiger charge is 2.12. The highest BCUT2D eigenvalue weighted by molar-refractivity contribution is 5.69. The van der Waals surface area contributed by atoms with Crippen LogP contribution in [0.4, 0.5) is 0 Å². The van der Waals surface area contributed by atoms with E-state index in [-0.39, 0.29) is 11.9 Å². The maximum Gasteiger partial charge on any atom is 0.306 e. The molecule has 0 aromatic carbocycles. The van der Waals surface area contributed by atoms with Crippen LogP contribution in [-0.2, 0) is 19.1 Å². The number of nitrogens with one attached hydrogen (secondary N) is 1. The first-order valence-electron chi connectivity index (χ1n) is 18.5. The molecule has 1 atom stereocenters. The number of allylic oxidation sites excluding steroid dienone is 2. The number of hydrogen-bond acceptors (Lipinski definition) is 6. The number of nitrogens with zero attached hydrogens (tertiary/aromatic N) is 1. The molecule has 0 aromatic heterocycles. The molecule has 0 saturated heterocycles. The van der Waals surface area contributed by atoms with Gasteiger partial charge < -0.3 is 19.7 Å². The van der Waals surface area contributed by atoms with Gasteiger partial charge in [-0.25, -0.2) is 0 Å². The average Bonchev–Trinajstić information content (AvgIpc) is 3.01. The summed E-state index contributed by atoms with van der Waals surface area (Å²) in [7, 11) is 4.26. The zero-order chi connectivity index (χ0) is 32.4. The fourth-order valence-corrected chi connectivity index (χ4v) is 5.44. The van der Waals surface area contributed by atoms with Gasteiger partial charge in [-0.2, -0.15) is 0 Å². The molecule has 0 aliphatic rings. The third-order valence-electron chi connectivity index (χ3n) is 8.26. The van der Waals surface area contributed by atoms with Crippen molar-refractivity contribution in [2.24, 2.45) is 5.92 Å². The second-order valence-corrected chi connectivity index (χ2v) is 12.6. The molecule has 0 aliphatic carbocycles. The highest BCUT2D eigenvalue weighted by Crippen LogP contribution is 2.20. The molecule has 0 amide bonds. The molecule has 1 N–H and O–H groups in total. The van der Waals surface area contributed by atoms with Gasteiger partial charge in [-0.3, -0.25) is 9.59 Å². The summed E-state index contributed by atoms with van der Waals surface area (Å²) in [6.45, 7) is 8.52. The average molecular weight is 621 g/mol. The molecule has 0 heterocycles. The fourth-order valence-electron chi connectivity index (χ4n) is 5.44. The third kappa shape index (κ3) is 31.8. The van der Waals surface area contributed by atoms with Crippen molar-refractivity contribution in [1.82, 2.24) is 10.2 Å². The molecule has 44 heavy (non-hydrogen) atoms. The number of hydrogen-bond donors (Lipinski definition) is 1. The molecule has 6 nitrogen and oxygen atoms in total. The van der Waals surface area contributed by atoms with Crippen molar-refractivity contribution in [3.8, 4) is 0 Å². The minimum absolute atomic E-state index is 0.0594. The first-order valence-corrected chi connectivity index (χ1v) is 18.5. The molecule has 1 unspecified atom stereocenters. The quantitative estimate of drug-likeness (QED) is 0.0448. The Kier molecular flexibility index (Phi) is 32.9. The Bertz CT molecular complexity index is 694. The summed E-state index contributed by atoms with van der Waals surface area (Å²) >= 11 is 0. The van der Waals surface area contributed by atoms with E-state index in [1.54, 1.807) is 0 Å². The zero-order valence-corrected chi connectivity index (χ0v) is 29.6. The first kappa shape index (κ1) is 42.3. The van der Waals surface area contributed by atoms with E-state index in [1.165, 1.54) is 96.4 Å². The number of likely N-dealkylation sites (N-methyl/N-ethyl adjacent to an activating group) is 2. The standard InChI is InChI=1S/C38H72N2O4/c1-5-7-9-11-12-20-26-34-44-38(42)30-24-18-14-16-22-28-36(35-40(4)32-31-39-3)27-21-15-13-17-23-29-37(41)43-33-25-19-10-8-6-2/h19-20,25-26,36,39H,5-18,21-24,27-35H2,1-4H3/b25-19+,26-20+. The van der Waals surface area contributed by atoms with Gasteiger partial charge in [-0.05, 0) is 65.0 Å². The Hall–Kier alpha value is -1.66. The lowest BCUT2D eigenvalue weighted by Gasteiger charge is -2.24. The van der Waals surface area contributed by atoms with E-state index >= 15 is 0 Å². The predicted octanol–water partition coefficient (Wildman–Crippen LogP) is 9.57. The number of esters is 2. The largest absolute Gasteiger partial charge is 0.461 e. The summed E-state index contributed by atoms with van der Waals surface area (Å²) < 4.78 is 10.6. The van der Waals surface area contributed by atoms with Crippen LogP contribution in [0.2, 0.25) is 0 Å². The van der Waals surface area contributed by atoms with Crippen LogP contribution in [0.1, 0.15) is 155 Å². The van der Waals surface area contributed by atoms with Gasteiger partial charge in [0.2, 0.25) is 0 Å². The van der Waals surface area contributed by atoms with Crippen molar-refractivity contribution in [2.75, 3.05) is 46.9 Å². The van der Waals surface area contributed by atoms with Crippen LogP contribution in [0.3, 0.4) is 0 Å². The molecule has 0 fully saturated rings. The molecule has 258 valence electrons. The number of rotatable bonds is 33. The van der Waals surface area contributed by atoms with E-state index in [9.17, 15) is 9.59 Å². The van der Waals surface area contributed by atoms with E-state index in [0.29, 0.717) is 26.1 Å². The SMILES string of the molecule is CCCC/C=C/COC(=O)CCCCCCCC(CCCCCCCC(=O)OC/C=C/CCCCCC)CN(C)CCNC. The van der Waals surface area contributed by atoms with Crippen molar-refractivity contribution in [2.45, 2.75) is 155 Å². The van der Waals surface area contributed by atoms with Crippen LogP contribution in [0.25, 0.3) is 0 Å². The third-order valence-corrected chi connectivity index (χ3v) is 8.26. The summed E-state index contributed by atoms with van der Waals surface area (Å²) in [6.07, 6.45) is 33.0. The first-order chi connectivity index (χ1) is 21.5. The topological polar surface area (TPSA) is 67.9 Å². The maximum absolute atomic E-state index is 12.0. The van der Waals surface area contributed by atoms with Gasteiger partial charge in [0.15, 0.2) is 0 Å². The zero-order valence-electron chi connectivity index (χ0n) is 29.6. The van der Waals surface area contributed by atoms with Crippen molar-refractivity contribution < 1.29 is 19.1 Å². The number of unbranched alkanes of at least 4 members (excludes halogenated alkanes) is 14. The highest BCUT2D eigenvalue weighted by atomic mass is 16.5. The Labute approximate surface area is 273 Å². The van der Waals surface area contributed by atoms with E-state index in [1.807, 2.05) is 19.2 Å². The lowest BCUT2D eigenvalue weighted by Crippen LogP contribution is -2.31. The molecular weight excluding hydrogens is 548 g/mol. The normalized spacial score (nSPS) is 12.5. The monoisotopic (exact) mass is 621 g/mol. The molecular formula is C38H72N2O4. The van der Waals surface area contributed by atoms with Crippen molar-refractivity contribution in [3.05, 3.63) is 24.3 Å². The van der Waals surface area contributed by atoms with E-state index in [4.69, 9.17) is 9.47 Å². The summed E-state index contributed by atoms with van der Waals surface area (Å²) in [5.74, 6) is 0.619. The Morgan fingerprint density at radius 1 is 0.636 bits per heavy atom. The van der Waals surface area contributed by atoms with Crippen LogP contribution < -0.4 is 5.32 Å². The maximum atomic E-state index is 12.0. The molecule has 0 saturated carbocycles. The van der Waals surface area contributed by atoms with E-state index < -0.39 is 0 Å². The van der Waals surface area contributed by atoms with Gasteiger partial charge in [0, 0.05) is 32.5 Å². The van der Waals surface area contributed by atoms with Crippen LogP contribution in [0.15, 0.2) is 24.3 Å². The summed E-state index contributed by atoms with van der Waals surface area (Å²) in [5.41, 5.74) is 0. The van der Waals surface area contributed by atoms with Gasteiger partial charge in [0.1, 0.15) is 13.2 Å². The van der Waals surface area contributed by atoms with Gasteiger partial charge >= 0.3 is 11.9 Å². The van der Waals surface area contributed by atoms with Crippen LogP contribution in [0.5, 0.6) is 0 Å². The second-order valence-electron chi connectivity index (χ2n) is 12.6. The Balaban J connectivity index is 3.99. The van der Waals surface area contributed by atoms with Crippen molar-refractivity contribution >= 4 is 11.9 Å². The second kappa shape index (κ2) is 34.2. The Morgan fingerprint density at radius 3 is 1.64 bits per heavy atom. The van der Waals surface area contributed by atoms with Crippen molar-refractivity contribution in [3.63, 3.8) is 0 Å². The number of carbonyl (C=O) groups excluding carboxylic acids is 2. The van der Waals surface area contributed by atoms with Gasteiger partial charge in [-0.15, -0.1) is 0 Å². The predicted molar refractivity (Wildman–Crippen MR) is 188 cm³/mol. The van der Waals surface area contributed by atoms with Crippen LogP contribution >= 0.6 is 0 Å². The molecule has 0 rings (SSSR count). The molecule has 0 radical (unpaired) electrons. The van der Waals surface area contributed by atoms with E-state index in [0.717, 1.165) is 57.5 Å². The number of carbonyl (C=O) groups is 2. The summed E-state index contributed by atoms with van der Waals surface area (Å²) in [5, 5.41) is 3.26. The minimum atomic E-state index is -0.0639. The number of ether oxygens (including phenoxy) is 2. The molecule has 6 heteroatoms. The smallest absolute Gasteiger partial charge is 0.306 e. The summed E-state index contributed by atoms with van der Waals surface area (Å²) in [4.78, 5) is 26.3. The molecule has 0 spiro atoms. The van der Waals surface area contributed by atoms with Crippen LogP contribution in [0, 0.1) is 5.92 Å². The summed E-state index contributed by atoms with van der Waals surface area (Å²) in [6, 6.07) is 0. The lowest BCUT2D eigenvalue weighted by molar-refractivity contribution is -0.143. The lowest BCUT2D eigenvalue weighted by atomic mass is 9.93. The minimum Gasteiger partial charge on any atom is -0.461 e.